The molecule has 1 saturated heterocycles. The number of pyridine rings is 1. The molecule has 2 heterocycles. The molecule has 1 fully saturated rings. The molecule has 1 aliphatic heterocycles. The fourth-order valence-electron chi connectivity index (χ4n) is 3.94. The summed E-state index contributed by atoms with van der Waals surface area (Å²) in [5.74, 6) is 0.194. The van der Waals surface area contributed by atoms with Crippen LogP contribution in [0.15, 0.2) is 72.8 Å². The van der Waals surface area contributed by atoms with Crippen molar-refractivity contribution in [2.24, 2.45) is 0 Å². The van der Waals surface area contributed by atoms with Gasteiger partial charge in [0.2, 0.25) is 5.91 Å². The smallest absolute Gasteiger partial charge is 0.227 e. The number of hydrogen-bond acceptors (Lipinski definition) is 2. The van der Waals surface area contributed by atoms with Crippen LogP contribution < -0.4 is 0 Å². The Morgan fingerprint density at radius 3 is 2.54 bits per heavy atom. The van der Waals surface area contributed by atoms with Gasteiger partial charge in [0.15, 0.2) is 0 Å². The van der Waals surface area contributed by atoms with Crippen molar-refractivity contribution >= 4 is 5.91 Å². The monoisotopic (exact) mass is 370 g/mol. The topological polar surface area (TPSA) is 33.2 Å². The van der Waals surface area contributed by atoms with Crippen molar-refractivity contribution in [2.75, 3.05) is 6.54 Å². The number of aryl methyl sites for hydroxylation is 1. The molecule has 3 nitrogen and oxygen atoms in total. The van der Waals surface area contributed by atoms with Gasteiger partial charge < -0.3 is 4.90 Å². The number of likely N-dealkylation sites (tertiary alicyclic amines) is 1. The lowest BCUT2D eigenvalue weighted by Gasteiger charge is -2.25. The van der Waals surface area contributed by atoms with Crippen LogP contribution in [-0.4, -0.2) is 22.3 Å². The van der Waals surface area contributed by atoms with Crippen LogP contribution in [0.2, 0.25) is 0 Å². The third-order valence-electron chi connectivity index (χ3n) is 5.45. The summed E-state index contributed by atoms with van der Waals surface area (Å²) in [6.07, 6.45) is 3.30. The number of benzene rings is 2. The normalized spacial score (nSPS) is 16.3. The highest BCUT2D eigenvalue weighted by Gasteiger charge is 2.30. The van der Waals surface area contributed by atoms with Crippen LogP contribution in [0.4, 0.5) is 0 Å². The van der Waals surface area contributed by atoms with Gasteiger partial charge in [0.25, 0.3) is 0 Å². The molecule has 4 rings (SSSR count). The molecule has 3 heteroatoms. The highest BCUT2D eigenvalue weighted by atomic mass is 16.2. The minimum Gasteiger partial charge on any atom is -0.334 e. The third-order valence-corrected chi connectivity index (χ3v) is 5.45. The van der Waals surface area contributed by atoms with E-state index in [1.807, 2.05) is 35.2 Å². The first kappa shape index (κ1) is 18.4. The summed E-state index contributed by atoms with van der Waals surface area (Å²) in [6.45, 7) is 2.92. The van der Waals surface area contributed by atoms with Crippen LogP contribution in [0.25, 0.3) is 0 Å². The maximum Gasteiger partial charge on any atom is 0.227 e. The second-order valence-corrected chi connectivity index (χ2v) is 7.62. The SMILES string of the molecule is Cc1ccc(Cc2cccc(C3CCCN3C(=O)Cc3ccccc3)n2)cc1. The zero-order valence-corrected chi connectivity index (χ0v) is 16.3. The van der Waals surface area contributed by atoms with Gasteiger partial charge in [-0.05, 0) is 43.0 Å². The first-order valence-corrected chi connectivity index (χ1v) is 10.0. The van der Waals surface area contributed by atoms with Crippen molar-refractivity contribution in [3.8, 4) is 0 Å². The van der Waals surface area contributed by atoms with Gasteiger partial charge in [-0.3, -0.25) is 9.78 Å². The van der Waals surface area contributed by atoms with Crippen molar-refractivity contribution in [1.29, 1.82) is 0 Å². The first-order chi connectivity index (χ1) is 13.7. The lowest BCUT2D eigenvalue weighted by molar-refractivity contribution is -0.131. The maximum absolute atomic E-state index is 12.9. The fourth-order valence-corrected chi connectivity index (χ4v) is 3.94. The first-order valence-electron chi connectivity index (χ1n) is 10.0. The van der Waals surface area contributed by atoms with Crippen molar-refractivity contribution in [3.63, 3.8) is 0 Å². The van der Waals surface area contributed by atoms with Crippen LogP contribution >= 0.6 is 0 Å². The fraction of sp³-hybridized carbons (Fsp3) is 0.280. The molecule has 142 valence electrons. The summed E-state index contributed by atoms with van der Waals surface area (Å²) in [5, 5.41) is 0. The molecule has 0 N–H and O–H groups in total. The van der Waals surface area contributed by atoms with Gasteiger partial charge in [-0.2, -0.15) is 0 Å². The Labute approximate surface area is 167 Å². The van der Waals surface area contributed by atoms with Crippen molar-refractivity contribution in [2.45, 2.75) is 38.6 Å². The van der Waals surface area contributed by atoms with E-state index in [0.29, 0.717) is 6.42 Å². The van der Waals surface area contributed by atoms with E-state index >= 15 is 0 Å². The molecule has 0 saturated carbocycles. The molecule has 0 bridgehead atoms. The Balaban J connectivity index is 1.49. The molecule has 1 aliphatic rings. The maximum atomic E-state index is 12.9. The van der Waals surface area contributed by atoms with Gasteiger partial charge in [0, 0.05) is 18.7 Å². The van der Waals surface area contributed by atoms with Crippen molar-refractivity contribution in [3.05, 3.63) is 101 Å². The van der Waals surface area contributed by atoms with Gasteiger partial charge in [0.05, 0.1) is 18.2 Å². The van der Waals surface area contributed by atoms with Gasteiger partial charge >= 0.3 is 0 Å². The Bertz CT molecular complexity index is 934. The van der Waals surface area contributed by atoms with Crippen LogP contribution in [0.1, 0.15) is 47.0 Å². The zero-order valence-electron chi connectivity index (χ0n) is 16.3. The largest absolute Gasteiger partial charge is 0.334 e. The van der Waals surface area contributed by atoms with E-state index in [0.717, 1.165) is 42.8 Å². The minimum absolute atomic E-state index is 0.0918. The van der Waals surface area contributed by atoms with E-state index in [2.05, 4.69) is 49.4 Å². The summed E-state index contributed by atoms with van der Waals surface area (Å²) in [7, 11) is 0. The van der Waals surface area contributed by atoms with E-state index in [1.54, 1.807) is 0 Å². The lowest BCUT2D eigenvalue weighted by Crippen LogP contribution is -2.32. The Hall–Kier alpha value is -2.94. The number of amides is 1. The molecule has 1 aromatic heterocycles. The van der Waals surface area contributed by atoms with Crippen molar-refractivity contribution in [1.82, 2.24) is 9.88 Å². The van der Waals surface area contributed by atoms with E-state index < -0.39 is 0 Å². The molecule has 0 radical (unpaired) electrons. The number of aromatic nitrogens is 1. The molecular weight excluding hydrogens is 344 g/mol. The lowest BCUT2D eigenvalue weighted by atomic mass is 10.1. The number of rotatable bonds is 5. The average molecular weight is 370 g/mol. The van der Waals surface area contributed by atoms with E-state index in [4.69, 9.17) is 4.98 Å². The highest BCUT2D eigenvalue weighted by molar-refractivity contribution is 5.79. The van der Waals surface area contributed by atoms with E-state index in [-0.39, 0.29) is 11.9 Å². The summed E-state index contributed by atoms with van der Waals surface area (Å²) < 4.78 is 0. The number of carbonyl (C=O) groups excluding carboxylic acids is 1. The second kappa shape index (κ2) is 8.39. The van der Waals surface area contributed by atoms with Gasteiger partial charge in [-0.15, -0.1) is 0 Å². The Kier molecular flexibility index (Phi) is 5.52. The molecule has 2 aromatic carbocycles. The number of hydrogen-bond donors (Lipinski definition) is 0. The molecule has 0 aliphatic carbocycles. The third kappa shape index (κ3) is 4.30. The van der Waals surface area contributed by atoms with E-state index in [1.165, 1.54) is 11.1 Å². The average Bonchev–Trinajstić information content (AvgIpc) is 3.21. The van der Waals surface area contributed by atoms with Gasteiger partial charge in [0.1, 0.15) is 0 Å². The quantitative estimate of drug-likeness (QED) is 0.641. The predicted molar refractivity (Wildman–Crippen MR) is 112 cm³/mol. The Morgan fingerprint density at radius 1 is 0.964 bits per heavy atom. The van der Waals surface area contributed by atoms with E-state index in [9.17, 15) is 4.79 Å². The number of carbonyl (C=O) groups is 1. The van der Waals surface area contributed by atoms with Crippen LogP contribution in [0, 0.1) is 6.92 Å². The molecular formula is C25H26N2O. The number of nitrogens with zero attached hydrogens (tertiary/aromatic N) is 2. The van der Waals surface area contributed by atoms with Crippen LogP contribution in [0.5, 0.6) is 0 Å². The summed E-state index contributed by atoms with van der Waals surface area (Å²) in [4.78, 5) is 19.8. The molecule has 3 aromatic rings. The predicted octanol–water partition coefficient (Wildman–Crippen LogP) is 4.89. The van der Waals surface area contributed by atoms with Crippen LogP contribution in [0.3, 0.4) is 0 Å². The standard InChI is InChI=1S/C25H26N2O/c1-19-12-14-21(15-13-19)17-22-9-5-10-23(26-22)24-11-6-16-27(24)25(28)18-20-7-3-2-4-8-20/h2-5,7-10,12-15,24H,6,11,16-18H2,1H3. The highest BCUT2D eigenvalue weighted by Crippen LogP contribution is 2.31. The summed E-state index contributed by atoms with van der Waals surface area (Å²) >= 11 is 0. The van der Waals surface area contributed by atoms with Gasteiger partial charge in [-0.1, -0.05) is 66.2 Å². The zero-order chi connectivity index (χ0) is 19.3. The minimum atomic E-state index is 0.0918. The summed E-state index contributed by atoms with van der Waals surface area (Å²) in [5.41, 5.74) is 5.68. The summed E-state index contributed by atoms with van der Waals surface area (Å²) in [6, 6.07) is 24.9. The second-order valence-electron chi connectivity index (χ2n) is 7.62. The van der Waals surface area contributed by atoms with Crippen molar-refractivity contribution < 1.29 is 4.79 Å². The molecule has 1 unspecified atom stereocenters. The molecule has 1 atom stereocenters. The van der Waals surface area contributed by atoms with Gasteiger partial charge in [-0.25, -0.2) is 0 Å². The van der Waals surface area contributed by atoms with Crippen LogP contribution in [-0.2, 0) is 17.6 Å². The molecule has 1 amide bonds. The molecule has 28 heavy (non-hydrogen) atoms. The Morgan fingerprint density at radius 2 is 1.75 bits per heavy atom. The molecule has 0 spiro atoms.